The third kappa shape index (κ3) is 6.98. The highest BCUT2D eigenvalue weighted by Gasteiger charge is 2.59. The van der Waals surface area contributed by atoms with Crippen molar-refractivity contribution < 1.29 is 14.6 Å². The fourth-order valence-corrected chi connectivity index (χ4v) is 7.15. The highest BCUT2D eigenvalue weighted by atomic mass is 16.6. The molecule has 0 aromatic heterocycles. The smallest absolute Gasteiger partial charge is 0.155 e. The Balaban J connectivity index is 0.000000954. The van der Waals surface area contributed by atoms with Crippen molar-refractivity contribution in [2.24, 2.45) is 28.6 Å². The number of allylic oxidation sites excluding steroid dienone is 3. The molecule has 202 valence electrons. The van der Waals surface area contributed by atoms with Crippen molar-refractivity contribution in [1.29, 1.82) is 0 Å². The fraction of sp³-hybridized carbons (Fsp3) is 0.871. The van der Waals surface area contributed by atoms with Gasteiger partial charge in [0.1, 0.15) is 0 Å². The number of hydrogen-bond donors (Lipinski definition) is 1. The first-order chi connectivity index (χ1) is 16.1. The number of aliphatic hydroxyl groups is 1. The molecule has 3 heteroatoms. The largest absolute Gasteiger partial charge is 0.388 e. The molecule has 1 saturated heterocycles. The lowest BCUT2D eigenvalue weighted by Crippen LogP contribution is -2.56. The third-order valence-electron chi connectivity index (χ3n) is 9.19. The molecule has 0 radical (unpaired) electrons. The van der Waals surface area contributed by atoms with Gasteiger partial charge in [-0.1, -0.05) is 72.6 Å². The SMILES string of the molecule is C=CC.CC.CC.CC1C2CC=C3CCCCC3(C)C2CCC1(C)C1(C)CCC(O)O1.COC. The van der Waals surface area contributed by atoms with Crippen LogP contribution in [0.15, 0.2) is 24.3 Å². The second-order valence-electron chi connectivity index (χ2n) is 10.8. The zero-order valence-electron chi connectivity index (χ0n) is 24.8. The number of hydrogen-bond acceptors (Lipinski definition) is 3. The van der Waals surface area contributed by atoms with Gasteiger partial charge in [0.05, 0.1) is 5.60 Å². The zero-order chi connectivity index (χ0) is 26.6. The van der Waals surface area contributed by atoms with E-state index in [1.54, 1.807) is 25.9 Å². The van der Waals surface area contributed by atoms with Crippen LogP contribution >= 0.6 is 0 Å². The normalized spacial score (nSPS) is 39.9. The highest BCUT2D eigenvalue weighted by Crippen LogP contribution is 2.64. The molecule has 7 atom stereocenters. The van der Waals surface area contributed by atoms with E-state index in [-0.39, 0.29) is 11.0 Å². The van der Waals surface area contributed by atoms with Crippen molar-refractivity contribution in [1.82, 2.24) is 0 Å². The van der Waals surface area contributed by atoms with Gasteiger partial charge in [0, 0.05) is 20.6 Å². The molecule has 3 fully saturated rings. The molecule has 4 rings (SSSR count). The molecule has 2 saturated carbocycles. The first kappa shape index (κ1) is 33.4. The van der Waals surface area contributed by atoms with Crippen LogP contribution in [0, 0.1) is 28.6 Å². The molecule has 4 aliphatic rings. The maximum atomic E-state index is 9.99. The molecule has 3 nitrogen and oxygen atoms in total. The van der Waals surface area contributed by atoms with Gasteiger partial charge in [0.15, 0.2) is 6.29 Å². The van der Waals surface area contributed by atoms with E-state index in [0.717, 1.165) is 24.7 Å². The van der Waals surface area contributed by atoms with E-state index in [1.165, 1.54) is 44.9 Å². The number of aliphatic hydroxyl groups excluding tert-OH is 1. The summed E-state index contributed by atoms with van der Waals surface area (Å²) in [6, 6.07) is 0. The Labute approximate surface area is 213 Å². The average Bonchev–Trinajstić information content (AvgIpc) is 3.19. The Hall–Kier alpha value is -0.640. The van der Waals surface area contributed by atoms with E-state index < -0.39 is 6.29 Å². The summed E-state index contributed by atoms with van der Waals surface area (Å²) >= 11 is 0. The van der Waals surface area contributed by atoms with Gasteiger partial charge in [-0.3, -0.25) is 0 Å². The quantitative estimate of drug-likeness (QED) is 0.381. The van der Waals surface area contributed by atoms with Crippen LogP contribution in [0.3, 0.4) is 0 Å². The average molecular weight is 481 g/mol. The molecule has 0 bridgehead atoms. The van der Waals surface area contributed by atoms with Crippen LogP contribution < -0.4 is 0 Å². The summed E-state index contributed by atoms with van der Waals surface area (Å²) in [5.74, 6) is 2.30. The van der Waals surface area contributed by atoms with Gasteiger partial charge < -0.3 is 14.6 Å². The minimum absolute atomic E-state index is 0.158. The number of rotatable bonds is 1. The van der Waals surface area contributed by atoms with Crippen molar-refractivity contribution >= 4 is 0 Å². The molecule has 0 aromatic carbocycles. The topological polar surface area (TPSA) is 38.7 Å². The Bertz CT molecular complexity index is 599. The van der Waals surface area contributed by atoms with Gasteiger partial charge in [-0.25, -0.2) is 0 Å². The van der Waals surface area contributed by atoms with Gasteiger partial charge in [-0.05, 0) is 87.4 Å². The summed E-state index contributed by atoms with van der Waals surface area (Å²) in [4.78, 5) is 0. The second kappa shape index (κ2) is 15.5. The summed E-state index contributed by atoms with van der Waals surface area (Å²) in [6.07, 6.45) is 15.0. The van der Waals surface area contributed by atoms with Crippen LogP contribution in [0.1, 0.15) is 120 Å². The molecular formula is C31H60O3. The van der Waals surface area contributed by atoms with Gasteiger partial charge in [-0.15, -0.1) is 6.58 Å². The van der Waals surface area contributed by atoms with Gasteiger partial charge in [0.25, 0.3) is 0 Å². The standard InChI is InChI=1S/C22H36O2.C3H6.C2H6O.2C2H6/c1-15-17-9-8-16-7-5-6-12-20(16,2)18(17)10-13-21(15,3)22(4)14-11-19(23)24-22;2*1-3-2;2*1-2/h8,15,17-19,23H,5-7,9-14H2,1-4H3;3H,1H2,2H3;1-2H3;2*1-2H3. The maximum Gasteiger partial charge on any atom is 0.155 e. The van der Waals surface area contributed by atoms with Crippen LogP contribution in [0.4, 0.5) is 0 Å². The van der Waals surface area contributed by atoms with Crippen LogP contribution in [-0.2, 0) is 9.47 Å². The van der Waals surface area contributed by atoms with E-state index in [9.17, 15) is 5.11 Å². The minimum Gasteiger partial charge on any atom is -0.388 e. The van der Waals surface area contributed by atoms with E-state index in [1.807, 2.05) is 34.6 Å². The van der Waals surface area contributed by atoms with Crippen LogP contribution in [0.25, 0.3) is 0 Å². The first-order valence-corrected chi connectivity index (χ1v) is 14.2. The van der Waals surface area contributed by atoms with Gasteiger partial charge >= 0.3 is 0 Å². The molecule has 1 heterocycles. The Kier molecular flexibility index (Phi) is 15.2. The van der Waals surface area contributed by atoms with E-state index >= 15 is 0 Å². The molecule has 1 aliphatic heterocycles. The summed E-state index contributed by atoms with van der Waals surface area (Å²) in [7, 11) is 3.25. The Morgan fingerprint density at radius 2 is 1.59 bits per heavy atom. The molecule has 1 N–H and O–H groups in total. The van der Waals surface area contributed by atoms with Crippen molar-refractivity contribution in [3.63, 3.8) is 0 Å². The predicted octanol–water partition coefficient (Wildman–Crippen LogP) is 8.96. The molecule has 3 aliphatic carbocycles. The molecule has 0 aromatic rings. The van der Waals surface area contributed by atoms with E-state index in [4.69, 9.17) is 4.74 Å². The van der Waals surface area contributed by atoms with Crippen LogP contribution in [0.5, 0.6) is 0 Å². The first-order valence-electron chi connectivity index (χ1n) is 14.2. The summed E-state index contributed by atoms with van der Waals surface area (Å²) < 4.78 is 10.4. The Morgan fingerprint density at radius 3 is 2.09 bits per heavy atom. The highest BCUT2D eigenvalue weighted by molar-refractivity contribution is 5.24. The van der Waals surface area contributed by atoms with Crippen LogP contribution in [0.2, 0.25) is 0 Å². The zero-order valence-corrected chi connectivity index (χ0v) is 24.8. The lowest BCUT2D eigenvalue weighted by molar-refractivity contribution is -0.209. The van der Waals surface area contributed by atoms with E-state index in [0.29, 0.717) is 11.3 Å². The lowest BCUT2D eigenvalue weighted by Gasteiger charge is -2.60. The second-order valence-corrected chi connectivity index (χ2v) is 10.8. The minimum atomic E-state index is -0.550. The Morgan fingerprint density at radius 1 is 1.03 bits per heavy atom. The van der Waals surface area contributed by atoms with E-state index in [2.05, 4.69) is 45.1 Å². The molecule has 0 amide bonds. The molecule has 0 spiro atoms. The van der Waals surface area contributed by atoms with Crippen molar-refractivity contribution in [3.05, 3.63) is 24.3 Å². The predicted molar refractivity (Wildman–Crippen MR) is 149 cm³/mol. The lowest BCUT2D eigenvalue weighted by atomic mass is 9.45. The monoisotopic (exact) mass is 480 g/mol. The van der Waals surface area contributed by atoms with Crippen molar-refractivity contribution in [3.8, 4) is 0 Å². The number of fused-ring (bicyclic) bond motifs is 3. The summed E-state index contributed by atoms with van der Waals surface area (Å²) in [6.45, 7) is 23.0. The van der Waals surface area contributed by atoms with Crippen molar-refractivity contribution in [2.45, 2.75) is 132 Å². The molecule has 7 unspecified atom stereocenters. The third-order valence-corrected chi connectivity index (χ3v) is 9.19. The molecule has 34 heavy (non-hydrogen) atoms. The number of methoxy groups -OCH3 is 1. The van der Waals surface area contributed by atoms with Gasteiger partial charge in [0.2, 0.25) is 0 Å². The van der Waals surface area contributed by atoms with Crippen molar-refractivity contribution in [2.75, 3.05) is 14.2 Å². The fourth-order valence-electron chi connectivity index (χ4n) is 7.15. The van der Waals surface area contributed by atoms with Crippen LogP contribution in [-0.4, -0.2) is 31.2 Å². The van der Waals surface area contributed by atoms with Gasteiger partial charge in [-0.2, -0.15) is 0 Å². The summed E-state index contributed by atoms with van der Waals surface area (Å²) in [5, 5.41) is 9.99. The number of ether oxygens (including phenoxy) is 2. The maximum absolute atomic E-state index is 9.99. The summed E-state index contributed by atoms with van der Waals surface area (Å²) in [5.41, 5.74) is 2.27. The molecular weight excluding hydrogens is 420 g/mol.